The fraction of sp³-hybridized carbons (Fsp3) is 0.273. The van der Waals surface area contributed by atoms with E-state index in [-0.39, 0.29) is 0 Å². The smallest absolute Gasteiger partial charge is 0.00727 e. The molecular weight excluding hydrogens is 132 g/mol. The molecule has 0 saturated carbocycles. The molecule has 0 bridgehead atoms. The maximum atomic E-state index is 3.85. The van der Waals surface area contributed by atoms with Crippen LogP contribution in [-0.4, -0.2) is 0 Å². The van der Waals surface area contributed by atoms with Crippen LogP contribution in [0.2, 0.25) is 0 Å². The molecule has 0 atom stereocenters. The van der Waals surface area contributed by atoms with Gasteiger partial charge in [-0.2, -0.15) is 0 Å². The van der Waals surface area contributed by atoms with Crippen LogP contribution in [0.15, 0.2) is 48.6 Å². The van der Waals surface area contributed by atoms with Crippen LogP contribution in [0.4, 0.5) is 0 Å². The van der Waals surface area contributed by atoms with E-state index in [9.17, 15) is 0 Å². The SMILES string of the molecule is C=C/C=C(\C=C/C)CC(=C)C. The minimum Gasteiger partial charge on any atom is -0.0998 e. The standard InChI is InChI=1S/C11H16/c1-5-7-11(8-6-2)9-10(3)4/h5-8H,1,3,9H2,2,4H3/b8-6-,11-7+. The van der Waals surface area contributed by atoms with Crippen molar-refractivity contribution in [1.29, 1.82) is 0 Å². The zero-order valence-corrected chi connectivity index (χ0v) is 7.43. The zero-order valence-electron chi connectivity index (χ0n) is 7.43. The first-order valence-corrected chi connectivity index (χ1v) is 3.79. The van der Waals surface area contributed by atoms with Crippen LogP contribution in [0.1, 0.15) is 20.3 Å². The highest BCUT2D eigenvalue weighted by Gasteiger charge is 1.89. The molecule has 0 heteroatoms. The van der Waals surface area contributed by atoms with Crippen molar-refractivity contribution in [3.63, 3.8) is 0 Å². The second-order valence-electron chi connectivity index (χ2n) is 2.61. The van der Waals surface area contributed by atoms with Crippen LogP contribution in [-0.2, 0) is 0 Å². The van der Waals surface area contributed by atoms with Crippen LogP contribution in [0.25, 0.3) is 0 Å². The Morgan fingerprint density at radius 1 is 1.45 bits per heavy atom. The average Bonchev–Trinajstić information content (AvgIpc) is 1.87. The van der Waals surface area contributed by atoms with Crippen LogP contribution in [0.5, 0.6) is 0 Å². The summed E-state index contributed by atoms with van der Waals surface area (Å²) < 4.78 is 0. The van der Waals surface area contributed by atoms with Gasteiger partial charge in [0, 0.05) is 0 Å². The minimum absolute atomic E-state index is 0.941. The first-order chi connectivity index (χ1) is 5.20. The molecule has 0 amide bonds. The van der Waals surface area contributed by atoms with Crippen molar-refractivity contribution in [1.82, 2.24) is 0 Å². The van der Waals surface area contributed by atoms with Crippen LogP contribution in [0, 0.1) is 0 Å². The number of rotatable bonds is 4. The third kappa shape index (κ3) is 5.41. The van der Waals surface area contributed by atoms with E-state index in [2.05, 4.69) is 19.2 Å². The van der Waals surface area contributed by atoms with Crippen molar-refractivity contribution in [3.05, 3.63) is 48.6 Å². The largest absolute Gasteiger partial charge is 0.0998 e. The van der Waals surface area contributed by atoms with Crippen molar-refractivity contribution in [2.75, 3.05) is 0 Å². The monoisotopic (exact) mass is 148 g/mol. The first-order valence-electron chi connectivity index (χ1n) is 3.79. The van der Waals surface area contributed by atoms with E-state index in [4.69, 9.17) is 0 Å². The van der Waals surface area contributed by atoms with E-state index in [1.165, 1.54) is 11.1 Å². The average molecular weight is 148 g/mol. The van der Waals surface area contributed by atoms with Crippen molar-refractivity contribution in [2.45, 2.75) is 20.3 Å². The zero-order chi connectivity index (χ0) is 8.69. The molecule has 0 aromatic carbocycles. The topological polar surface area (TPSA) is 0 Å². The Kier molecular flexibility index (Phi) is 5.18. The summed E-state index contributed by atoms with van der Waals surface area (Å²) in [5.41, 5.74) is 2.44. The van der Waals surface area contributed by atoms with Crippen molar-refractivity contribution >= 4 is 0 Å². The minimum atomic E-state index is 0.941. The Bertz CT molecular complexity index is 192. The summed E-state index contributed by atoms with van der Waals surface area (Å²) in [7, 11) is 0. The summed E-state index contributed by atoms with van der Waals surface area (Å²) >= 11 is 0. The molecule has 60 valence electrons. The summed E-state index contributed by atoms with van der Waals surface area (Å²) in [5, 5.41) is 0. The van der Waals surface area contributed by atoms with Gasteiger partial charge in [0.2, 0.25) is 0 Å². The van der Waals surface area contributed by atoms with Gasteiger partial charge in [0.25, 0.3) is 0 Å². The third-order valence-electron chi connectivity index (χ3n) is 1.22. The fourth-order valence-electron chi connectivity index (χ4n) is 0.887. The molecule has 0 heterocycles. The highest BCUT2D eigenvalue weighted by molar-refractivity contribution is 5.26. The molecule has 0 nitrogen and oxygen atoms in total. The van der Waals surface area contributed by atoms with Gasteiger partial charge in [-0.25, -0.2) is 0 Å². The predicted octanol–water partition coefficient (Wildman–Crippen LogP) is 3.64. The lowest BCUT2D eigenvalue weighted by atomic mass is 10.1. The van der Waals surface area contributed by atoms with Gasteiger partial charge >= 0.3 is 0 Å². The van der Waals surface area contributed by atoms with Crippen molar-refractivity contribution in [3.8, 4) is 0 Å². The molecule has 0 radical (unpaired) electrons. The lowest BCUT2D eigenvalue weighted by Crippen LogP contribution is -1.78. The van der Waals surface area contributed by atoms with Crippen LogP contribution < -0.4 is 0 Å². The molecule has 0 aliphatic carbocycles. The van der Waals surface area contributed by atoms with Gasteiger partial charge in [-0.15, -0.1) is 0 Å². The molecule has 0 aromatic rings. The van der Waals surface area contributed by atoms with Crippen molar-refractivity contribution in [2.24, 2.45) is 0 Å². The second-order valence-corrected chi connectivity index (χ2v) is 2.61. The third-order valence-corrected chi connectivity index (χ3v) is 1.22. The Morgan fingerprint density at radius 3 is 2.45 bits per heavy atom. The van der Waals surface area contributed by atoms with E-state index in [1.54, 1.807) is 6.08 Å². The molecule has 0 N–H and O–H groups in total. The highest BCUT2D eigenvalue weighted by atomic mass is 14.0. The summed E-state index contributed by atoms with van der Waals surface area (Å²) in [6.07, 6.45) is 8.86. The van der Waals surface area contributed by atoms with E-state index < -0.39 is 0 Å². The number of hydrogen-bond acceptors (Lipinski definition) is 0. The molecule has 0 rings (SSSR count). The Balaban J connectivity index is 4.22. The molecule has 11 heavy (non-hydrogen) atoms. The Hall–Kier alpha value is -1.04. The molecule has 0 aliphatic rings. The first kappa shape index (κ1) is 9.96. The van der Waals surface area contributed by atoms with E-state index in [0.29, 0.717) is 0 Å². The normalized spacial score (nSPS) is 12.0. The Morgan fingerprint density at radius 2 is 2.09 bits per heavy atom. The summed E-state index contributed by atoms with van der Waals surface area (Å²) in [4.78, 5) is 0. The predicted molar refractivity (Wildman–Crippen MR) is 52.5 cm³/mol. The number of hydrogen-bond donors (Lipinski definition) is 0. The van der Waals surface area contributed by atoms with Crippen molar-refractivity contribution < 1.29 is 0 Å². The maximum absolute atomic E-state index is 3.85. The summed E-state index contributed by atoms with van der Waals surface area (Å²) in [6.45, 7) is 11.5. The fourth-order valence-corrected chi connectivity index (χ4v) is 0.887. The van der Waals surface area contributed by atoms with Gasteiger partial charge in [0.1, 0.15) is 0 Å². The lowest BCUT2D eigenvalue weighted by molar-refractivity contribution is 1.16. The second kappa shape index (κ2) is 5.72. The maximum Gasteiger partial charge on any atom is -0.00727 e. The van der Waals surface area contributed by atoms with Gasteiger partial charge < -0.3 is 0 Å². The Labute approximate surface area is 69.6 Å². The molecule has 0 fully saturated rings. The van der Waals surface area contributed by atoms with E-state index in [1.807, 2.05) is 26.0 Å². The van der Waals surface area contributed by atoms with Gasteiger partial charge in [0.05, 0.1) is 0 Å². The van der Waals surface area contributed by atoms with Gasteiger partial charge in [-0.1, -0.05) is 43.0 Å². The number of allylic oxidation sites excluding steroid dienone is 6. The van der Waals surface area contributed by atoms with E-state index >= 15 is 0 Å². The van der Waals surface area contributed by atoms with Crippen LogP contribution >= 0.6 is 0 Å². The molecule has 0 unspecified atom stereocenters. The molecular formula is C11H16. The molecule has 0 spiro atoms. The molecule has 0 aromatic heterocycles. The van der Waals surface area contributed by atoms with Gasteiger partial charge in [0.15, 0.2) is 0 Å². The molecule has 0 aliphatic heterocycles. The summed E-state index contributed by atoms with van der Waals surface area (Å²) in [5.74, 6) is 0. The molecule has 0 saturated heterocycles. The van der Waals surface area contributed by atoms with Crippen LogP contribution in [0.3, 0.4) is 0 Å². The highest BCUT2D eigenvalue weighted by Crippen LogP contribution is 2.09. The lowest BCUT2D eigenvalue weighted by Gasteiger charge is -1.98. The van der Waals surface area contributed by atoms with E-state index in [0.717, 1.165) is 6.42 Å². The summed E-state index contributed by atoms with van der Waals surface area (Å²) in [6, 6.07) is 0. The van der Waals surface area contributed by atoms with Gasteiger partial charge in [-0.3, -0.25) is 0 Å². The quantitative estimate of drug-likeness (QED) is 0.422. The van der Waals surface area contributed by atoms with Gasteiger partial charge in [-0.05, 0) is 25.8 Å².